The van der Waals surface area contributed by atoms with E-state index in [9.17, 15) is 4.79 Å². The Morgan fingerprint density at radius 2 is 1.96 bits per heavy atom. The van der Waals surface area contributed by atoms with Crippen LogP contribution in [-0.4, -0.2) is 63.8 Å². The number of piperazine rings is 1. The van der Waals surface area contributed by atoms with Crippen LogP contribution in [0.4, 0.5) is 5.69 Å². The minimum absolute atomic E-state index is 0.261. The van der Waals surface area contributed by atoms with Crippen LogP contribution < -0.4 is 10.2 Å². The molecule has 0 aliphatic carbocycles. The number of halogens is 1. The molecule has 5 nitrogen and oxygen atoms in total. The van der Waals surface area contributed by atoms with E-state index in [-0.39, 0.29) is 11.3 Å². The highest BCUT2D eigenvalue weighted by atomic mass is 35.5. The summed E-state index contributed by atoms with van der Waals surface area (Å²) in [6.07, 6.45) is 1.71. The Labute approximate surface area is 148 Å². The van der Waals surface area contributed by atoms with Gasteiger partial charge in [0.15, 0.2) is 0 Å². The third kappa shape index (κ3) is 3.68. The van der Waals surface area contributed by atoms with E-state index in [1.165, 1.54) is 0 Å². The minimum atomic E-state index is -0.349. The van der Waals surface area contributed by atoms with Gasteiger partial charge >= 0.3 is 0 Å². The van der Waals surface area contributed by atoms with Crippen LogP contribution in [0.5, 0.6) is 0 Å². The van der Waals surface area contributed by atoms with E-state index in [1.807, 2.05) is 23.1 Å². The van der Waals surface area contributed by atoms with Gasteiger partial charge in [0.25, 0.3) is 0 Å². The molecule has 2 saturated heterocycles. The van der Waals surface area contributed by atoms with Crippen LogP contribution in [-0.2, 0) is 9.53 Å². The first-order valence-corrected chi connectivity index (χ1v) is 9.02. The van der Waals surface area contributed by atoms with Crippen LogP contribution in [0.2, 0.25) is 5.02 Å². The molecule has 0 unspecified atom stereocenters. The Kier molecular flexibility index (Phi) is 5.64. The van der Waals surface area contributed by atoms with E-state index < -0.39 is 0 Å². The Morgan fingerprint density at radius 1 is 1.25 bits per heavy atom. The fourth-order valence-electron chi connectivity index (χ4n) is 3.78. The molecule has 132 valence electrons. The van der Waals surface area contributed by atoms with Crippen molar-refractivity contribution in [1.82, 2.24) is 10.2 Å². The van der Waals surface area contributed by atoms with Crippen molar-refractivity contribution < 1.29 is 9.53 Å². The average molecular weight is 352 g/mol. The topological polar surface area (TPSA) is 44.8 Å². The maximum absolute atomic E-state index is 13.1. The van der Waals surface area contributed by atoms with E-state index in [0.717, 1.165) is 62.8 Å². The minimum Gasteiger partial charge on any atom is -0.384 e. The molecule has 0 spiro atoms. The largest absolute Gasteiger partial charge is 0.384 e. The van der Waals surface area contributed by atoms with E-state index in [2.05, 4.69) is 16.3 Å². The lowest BCUT2D eigenvalue weighted by molar-refractivity contribution is -0.147. The van der Waals surface area contributed by atoms with Crippen molar-refractivity contribution in [3.05, 3.63) is 29.3 Å². The average Bonchev–Trinajstić information content (AvgIpc) is 2.62. The van der Waals surface area contributed by atoms with Gasteiger partial charge in [0.1, 0.15) is 0 Å². The Hall–Kier alpha value is -1.30. The summed E-state index contributed by atoms with van der Waals surface area (Å²) in [5.41, 5.74) is 0.779. The number of nitrogens with zero attached hydrogens (tertiary/aromatic N) is 2. The van der Waals surface area contributed by atoms with Gasteiger partial charge in [0, 0.05) is 44.0 Å². The first-order valence-electron chi connectivity index (χ1n) is 8.64. The van der Waals surface area contributed by atoms with E-state index in [1.54, 1.807) is 7.11 Å². The van der Waals surface area contributed by atoms with Gasteiger partial charge in [-0.05, 0) is 44.1 Å². The monoisotopic (exact) mass is 351 g/mol. The second kappa shape index (κ2) is 7.72. The van der Waals surface area contributed by atoms with Gasteiger partial charge in [-0.25, -0.2) is 0 Å². The molecule has 1 N–H and O–H groups in total. The summed E-state index contributed by atoms with van der Waals surface area (Å²) in [5, 5.41) is 4.09. The second-order valence-electron chi connectivity index (χ2n) is 6.72. The zero-order chi connectivity index (χ0) is 17.0. The third-order valence-electron chi connectivity index (χ3n) is 5.18. The third-order valence-corrected chi connectivity index (χ3v) is 5.41. The number of nitrogens with one attached hydrogen (secondary N) is 1. The van der Waals surface area contributed by atoms with Crippen molar-refractivity contribution in [3.63, 3.8) is 0 Å². The molecular formula is C18H26ClN3O2. The number of rotatable bonds is 4. The SMILES string of the molecule is COCC1(C(=O)N2CCN(c3cccc(Cl)c3)CC2)CCNCC1. The maximum Gasteiger partial charge on any atom is 0.231 e. The molecule has 1 aromatic rings. The first kappa shape index (κ1) is 17.5. The lowest BCUT2D eigenvalue weighted by Crippen LogP contribution is -2.56. The molecule has 0 aromatic heterocycles. The highest BCUT2D eigenvalue weighted by Gasteiger charge is 2.42. The number of benzene rings is 1. The predicted octanol–water partition coefficient (Wildman–Crippen LogP) is 2.00. The molecule has 24 heavy (non-hydrogen) atoms. The maximum atomic E-state index is 13.1. The van der Waals surface area contributed by atoms with Crippen LogP contribution >= 0.6 is 11.6 Å². The summed E-state index contributed by atoms with van der Waals surface area (Å²) in [6.45, 7) is 5.48. The molecule has 2 heterocycles. The highest BCUT2D eigenvalue weighted by molar-refractivity contribution is 6.30. The molecule has 2 aliphatic heterocycles. The molecule has 0 saturated carbocycles. The molecule has 3 rings (SSSR count). The van der Waals surface area contributed by atoms with Gasteiger partial charge in [-0.3, -0.25) is 4.79 Å². The van der Waals surface area contributed by atoms with Crippen molar-refractivity contribution in [2.45, 2.75) is 12.8 Å². The van der Waals surface area contributed by atoms with Crippen molar-refractivity contribution >= 4 is 23.2 Å². The molecule has 2 aliphatic rings. The number of carbonyl (C=O) groups is 1. The molecule has 1 amide bonds. The number of ether oxygens (including phenoxy) is 1. The Balaban J connectivity index is 1.64. The zero-order valence-electron chi connectivity index (χ0n) is 14.3. The van der Waals surface area contributed by atoms with Crippen LogP contribution in [0.3, 0.4) is 0 Å². The summed E-state index contributed by atoms with van der Waals surface area (Å²) in [4.78, 5) is 17.5. The van der Waals surface area contributed by atoms with Crippen molar-refractivity contribution in [3.8, 4) is 0 Å². The summed E-state index contributed by atoms with van der Waals surface area (Å²) in [6, 6.07) is 7.91. The number of amides is 1. The number of methoxy groups -OCH3 is 1. The molecule has 2 fully saturated rings. The lowest BCUT2D eigenvalue weighted by Gasteiger charge is -2.43. The second-order valence-corrected chi connectivity index (χ2v) is 7.16. The molecule has 0 radical (unpaired) electrons. The van der Waals surface area contributed by atoms with Gasteiger partial charge in [-0.15, -0.1) is 0 Å². The molecule has 1 aromatic carbocycles. The number of piperidine rings is 1. The van der Waals surface area contributed by atoms with Gasteiger partial charge < -0.3 is 19.9 Å². The van der Waals surface area contributed by atoms with Crippen LogP contribution in [0.25, 0.3) is 0 Å². The number of carbonyl (C=O) groups excluding carboxylic acids is 1. The van der Waals surface area contributed by atoms with Crippen LogP contribution in [0.1, 0.15) is 12.8 Å². The highest BCUT2D eigenvalue weighted by Crippen LogP contribution is 2.32. The number of hydrogen-bond acceptors (Lipinski definition) is 4. The summed E-state index contributed by atoms with van der Waals surface area (Å²) < 4.78 is 5.40. The standard InChI is InChI=1S/C18H26ClN3O2/c1-24-14-18(5-7-20-8-6-18)17(23)22-11-9-21(10-12-22)16-4-2-3-15(19)13-16/h2-4,13,20H,5-12,14H2,1H3. The molecular weight excluding hydrogens is 326 g/mol. The van der Waals surface area contributed by atoms with Crippen molar-refractivity contribution in [2.75, 3.05) is 57.9 Å². The van der Waals surface area contributed by atoms with Crippen LogP contribution in [0, 0.1) is 5.41 Å². The van der Waals surface area contributed by atoms with Crippen molar-refractivity contribution in [2.24, 2.45) is 5.41 Å². The van der Waals surface area contributed by atoms with E-state index in [4.69, 9.17) is 16.3 Å². The predicted molar refractivity (Wildman–Crippen MR) is 96.7 cm³/mol. The molecule has 0 atom stereocenters. The fraction of sp³-hybridized carbons (Fsp3) is 0.611. The summed E-state index contributed by atoms with van der Waals surface area (Å²) >= 11 is 6.09. The molecule has 6 heteroatoms. The zero-order valence-corrected chi connectivity index (χ0v) is 15.0. The van der Waals surface area contributed by atoms with Gasteiger partial charge in [0.2, 0.25) is 5.91 Å². The van der Waals surface area contributed by atoms with Crippen LogP contribution in [0.15, 0.2) is 24.3 Å². The van der Waals surface area contributed by atoms with E-state index >= 15 is 0 Å². The Morgan fingerprint density at radius 3 is 2.58 bits per heavy atom. The fourth-order valence-corrected chi connectivity index (χ4v) is 3.96. The van der Waals surface area contributed by atoms with Crippen molar-refractivity contribution in [1.29, 1.82) is 0 Å². The normalized spacial score (nSPS) is 20.9. The number of anilines is 1. The quantitative estimate of drug-likeness (QED) is 0.901. The van der Waals surface area contributed by atoms with Gasteiger partial charge in [-0.2, -0.15) is 0 Å². The van der Waals surface area contributed by atoms with E-state index in [0.29, 0.717) is 6.61 Å². The summed E-state index contributed by atoms with van der Waals surface area (Å²) in [5.74, 6) is 0.261. The Bertz CT molecular complexity index is 562. The van der Waals surface area contributed by atoms with Gasteiger partial charge in [0.05, 0.1) is 12.0 Å². The first-order chi connectivity index (χ1) is 11.6. The lowest BCUT2D eigenvalue weighted by atomic mass is 9.78. The molecule has 0 bridgehead atoms. The number of hydrogen-bond donors (Lipinski definition) is 1. The smallest absolute Gasteiger partial charge is 0.231 e. The summed E-state index contributed by atoms with van der Waals surface area (Å²) in [7, 11) is 1.69. The van der Waals surface area contributed by atoms with Gasteiger partial charge in [-0.1, -0.05) is 17.7 Å².